The first-order valence-corrected chi connectivity index (χ1v) is 10.8. The molecule has 3 fully saturated rings. The number of aliphatic carboxylic acids is 1. The van der Waals surface area contributed by atoms with Gasteiger partial charge in [-0.15, -0.1) is 0 Å². The van der Waals surface area contributed by atoms with Gasteiger partial charge in [0, 0.05) is 36.6 Å². The maximum Gasteiger partial charge on any atom is 0.305 e. The van der Waals surface area contributed by atoms with Gasteiger partial charge in [0.05, 0.1) is 13.0 Å². The van der Waals surface area contributed by atoms with Crippen molar-refractivity contribution in [2.75, 3.05) is 33.4 Å². The minimum Gasteiger partial charge on any atom is -0.481 e. The van der Waals surface area contributed by atoms with Crippen LogP contribution in [0.5, 0.6) is 0 Å². The zero-order chi connectivity index (χ0) is 19.6. The predicted molar refractivity (Wildman–Crippen MR) is 110 cm³/mol. The number of rotatable bonds is 9. The number of hydrogen-bond donors (Lipinski definition) is 2. The first kappa shape index (κ1) is 19.9. The molecule has 1 aliphatic heterocycles. The molecule has 0 radical (unpaired) electrons. The second-order valence-electron chi connectivity index (χ2n) is 9.31. The number of carbonyl (C=O) groups is 1. The average Bonchev–Trinajstić information content (AvgIpc) is 3.45. The smallest absolute Gasteiger partial charge is 0.305 e. The van der Waals surface area contributed by atoms with Gasteiger partial charge in [0.2, 0.25) is 0 Å². The molecule has 0 spiro atoms. The van der Waals surface area contributed by atoms with Gasteiger partial charge in [0.1, 0.15) is 0 Å². The molecule has 1 heterocycles. The van der Waals surface area contributed by atoms with Gasteiger partial charge in [-0.1, -0.05) is 30.3 Å². The van der Waals surface area contributed by atoms with Crippen molar-refractivity contribution in [1.82, 2.24) is 10.2 Å². The van der Waals surface area contributed by atoms with Crippen molar-refractivity contribution in [2.45, 2.75) is 62.4 Å². The van der Waals surface area contributed by atoms with Crippen LogP contribution in [-0.4, -0.2) is 60.9 Å². The number of carboxylic acid groups (broad SMARTS) is 1. The van der Waals surface area contributed by atoms with Crippen LogP contribution in [-0.2, 0) is 9.53 Å². The number of nitrogens with one attached hydrogen (secondary N) is 1. The molecule has 1 saturated heterocycles. The lowest BCUT2D eigenvalue weighted by Gasteiger charge is -2.54. The molecule has 0 bridgehead atoms. The highest BCUT2D eigenvalue weighted by Crippen LogP contribution is 2.45. The van der Waals surface area contributed by atoms with E-state index < -0.39 is 5.97 Å². The Morgan fingerprint density at radius 3 is 2.50 bits per heavy atom. The van der Waals surface area contributed by atoms with E-state index in [2.05, 4.69) is 40.5 Å². The van der Waals surface area contributed by atoms with Crippen molar-refractivity contribution in [1.29, 1.82) is 0 Å². The molecular formula is C23H34N2O3. The molecule has 1 aromatic carbocycles. The zero-order valence-corrected chi connectivity index (χ0v) is 17.0. The molecule has 2 aliphatic carbocycles. The Bertz CT molecular complexity index is 666. The molecule has 0 amide bonds. The molecule has 154 valence electrons. The first-order valence-electron chi connectivity index (χ1n) is 10.8. The van der Waals surface area contributed by atoms with Crippen LogP contribution in [0.4, 0.5) is 0 Å². The summed E-state index contributed by atoms with van der Waals surface area (Å²) >= 11 is 0. The van der Waals surface area contributed by atoms with Gasteiger partial charge in [-0.3, -0.25) is 9.69 Å². The van der Waals surface area contributed by atoms with Crippen molar-refractivity contribution in [3.63, 3.8) is 0 Å². The highest BCUT2D eigenvalue weighted by Gasteiger charge is 2.48. The predicted octanol–water partition coefficient (Wildman–Crippen LogP) is 3.26. The Hall–Kier alpha value is -1.43. The Labute approximate surface area is 168 Å². The van der Waals surface area contributed by atoms with Gasteiger partial charge in [0.25, 0.3) is 0 Å². The number of nitrogens with zero attached hydrogens (tertiary/aromatic N) is 1. The summed E-state index contributed by atoms with van der Waals surface area (Å²) in [4.78, 5) is 13.8. The first-order chi connectivity index (χ1) is 13.6. The molecule has 2 atom stereocenters. The van der Waals surface area contributed by atoms with Crippen LogP contribution in [0.15, 0.2) is 30.3 Å². The second kappa shape index (κ2) is 8.13. The molecule has 5 nitrogen and oxygen atoms in total. The summed E-state index contributed by atoms with van der Waals surface area (Å²) in [5, 5.41) is 13.2. The Morgan fingerprint density at radius 1 is 1.21 bits per heavy atom. The highest BCUT2D eigenvalue weighted by atomic mass is 16.5. The van der Waals surface area contributed by atoms with Gasteiger partial charge >= 0.3 is 5.97 Å². The quantitative estimate of drug-likeness (QED) is 0.682. The number of piperidine rings is 1. The van der Waals surface area contributed by atoms with Crippen LogP contribution < -0.4 is 5.32 Å². The Balaban J connectivity index is 1.32. The van der Waals surface area contributed by atoms with E-state index in [0.29, 0.717) is 18.4 Å². The minimum absolute atomic E-state index is 0.0760. The van der Waals surface area contributed by atoms with E-state index in [0.717, 1.165) is 58.3 Å². The lowest BCUT2D eigenvalue weighted by Crippen LogP contribution is -2.59. The molecule has 3 aliphatic rings. The fourth-order valence-electron chi connectivity index (χ4n) is 5.44. The van der Waals surface area contributed by atoms with Gasteiger partial charge < -0.3 is 15.2 Å². The third-order valence-corrected chi connectivity index (χ3v) is 7.47. The van der Waals surface area contributed by atoms with Crippen LogP contribution in [0.1, 0.15) is 56.4 Å². The van der Waals surface area contributed by atoms with Crippen LogP contribution in [0.3, 0.4) is 0 Å². The van der Waals surface area contributed by atoms with Crippen LogP contribution in [0.2, 0.25) is 0 Å². The number of likely N-dealkylation sites (tertiary alicyclic amines) is 1. The number of methoxy groups -OCH3 is 1. The molecule has 2 N–H and O–H groups in total. The average molecular weight is 387 g/mol. The van der Waals surface area contributed by atoms with Crippen molar-refractivity contribution in [3.8, 4) is 0 Å². The molecule has 5 heteroatoms. The molecule has 28 heavy (non-hydrogen) atoms. The maximum atomic E-state index is 11.4. The van der Waals surface area contributed by atoms with E-state index in [1.165, 1.54) is 12.0 Å². The fourth-order valence-corrected chi connectivity index (χ4v) is 5.44. The van der Waals surface area contributed by atoms with Crippen molar-refractivity contribution in [3.05, 3.63) is 35.9 Å². The normalized spacial score (nSPS) is 28.5. The fraction of sp³-hybridized carbons (Fsp3) is 0.696. The summed E-state index contributed by atoms with van der Waals surface area (Å²) < 4.78 is 5.62. The number of ether oxygens (including phenoxy) is 1. The molecular weight excluding hydrogens is 352 g/mol. The monoisotopic (exact) mass is 386 g/mol. The minimum atomic E-state index is -0.657. The van der Waals surface area contributed by atoms with E-state index in [-0.39, 0.29) is 11.0 Å². The second-order valence-corrected chi connectivity index (χ2v) is 9.31. The van der Waals surface area contributed by atoms with E-state index >= 15 is 0 Å². The van der Waals surface area contributed by atoms with E-state index in [4.69, 9.17) is 4.74 Å². The highest BCUT2D eigenvalue weighted by molar-refractivity contribution is 5.68. The largest absolute Gasteiger partial charge is 0.481 e. The van der Waals surface area contributed by atoms with Gasteiger partial charge in [-0.25, -0.2) is 0 Å². The third-order valence-electron chi connectivity index (χ3n) is 7.47. The van der Waals surface area contributed by atoms with Gasteiger partial charge in [-0.05, 0) is 57.2 Å². The molecule has 0 unspecified atom stereocenters. The summed E-state index contributed by atoms with van der Waals surface area (Å²) in [5.74, 6) is -0.00882. The van der Waals surface area contributed by atoms with Crippen LogP contribution >= 0.6 is 0 Å². The van der Waals surface area contributed by atoms with E-state index in [1.807, 2.05) is 0 Å². The summed E-state index contributed by atoms with van der Waals surface area (Å²) in [7, 11) is 1.80. The molecule has 4 rings (SSSR count). The Kier molecular flexibility index (Phi) is 5.77. The van der Waals surface area contributed by atoms with E-state index in [1.54, 1.807) is 7.11 Å². The number of carboxylic acids is 1. The van der Waals surface area contributed by atoms with Crippen LogP contribution in [0.25, 0.3) is 0 Å². The van der Waals surface area contributed by atoms with Crippen LogP contribution in [0, 0.1) is 5.41 Å². The summed E-state index contributed by atoms with van der Waals surface area (Å²) in [6, 6.07) is 11.4. The number of benzene rings is 1. The summed E-state index contributed by atoms with van der Waals surface area (Å²) in [5.41, 5.74) is 1.53. The molecule has 0 aromatic heterocycles. The van der Waals surface area contributed by atoms with Crippen molar-refractivity contribution >= 4 is 5.97 Å². The SMILES string of the molecule is COCC1(CN[C@@H]2C[C@H]2c2ccccc2)CCN(C2(CC(=O)O)CCC2)CC1. The number of hydrogen-bond acceptors (Lipinski definition) is 4. The summed E-state index contributed by atoms with van der Waals surface area (Å²) in [6.45, 7) is 3.76. The van der Waals surface area contributed by atoms with E-state index in [9.17, 15) is 9.90 Å². The van der Waals surface area contributed by atoms with Gasteiger partial charge in [0.15, 0.2) is 0 Å². The molecule has 2 saturated carbocycles. The van der Waals surface area contributed by atoms with Gasteiger partial charge in [-0.2, -0.15) is 0 Å². The lowest BCUT2D eigenvalue weighted by molar-refractivity contribution is -0.144. The Morgan fingerprint density at radius 2 is 1.93 bits per heavy atom. The zero-order valence-electron chi connectivity index (χ0n) is 17.0. The maximum absolute atomic E-state index is 11.4. The third kappa shape index (κ3) is 4.12. The lowest BCUT2D eigenvalue weighted by atomic mass is 9.70. The standard InChI is InChI=1S/C23H34N2O3/c1-28-17-22(16-24-20-14-19(20)18-6-3-2-4-7-18)10-12-25(13-11-22)23(8-5-9-23)15-21(26)27/h2-4,6-7,19-20,24H,5,8-17H2,1H3,(H,26,27)/t19-,20+/m0/s1. The summed E-state index contributed by atoms with van der Waals surface area (Å²) in [6.07, 6.45) is 6.92. The molecule has 1 aromatic rings. The topological polar surface area (TPSA) is 61.8 Å². The van der Waals surface area contributed by atoms with Crippen molar-refractivity contribution < 1.29 is 14.6 Å². The van der Waals surface area contributed by atoms with Crippen molar-refractivity contribution in [2.24, 2.45) is 5.41 Å².